The van der Waals surface area contributed by atoms with Crippen LogP contribution in [-0.4, -0.2) is 26.3 Å². The fraction of sp³-hybridized carbons (Fsp3) is 0.600. The lowest BCUT2D eigenvalue weighted by molar-refractivity contribution is 0.146. The smallest absolute Gasteiger partial charge is 0.0618 e. The first-order valence-electron chi connectivity index (χ1n) is 6.42. The predicted molar refractivity (Wildman–Crippen MR) is 73.4 cm³/mol. The van der Waals surface area contributed by atoms with Crippen molar-refractivity contribution >= 4 is 0 Å². The maximum atomic E-state index is 5.24. The van der Waals surface area contributed by atoms with Crippen molar-refractivity contribution in [1.82, 2.24) is 5.32 Å². The lowest BCUT2D eigenvalue weighted by atomic mass is 9.99. The number of methoxy groups -OCH3 is 1. The van der Waals surface area contributed by atoms with Crippen molar-refractivity contribution in [1.29, 1.82) is 0 Å². The molecule has 1 aromatic carbocycles. The second-order valence-electron chi connectivity index (χ2n) is 5.03. The molecule has 0 aliphatic carbocycles. The van der Waals surface area contributed by atoms with Crippen LogP contribution in [0.5, 0.6) is 0 Å². The van der Waals surface area contributed by atoms with Gasteiger partial charge < -0.3 is 10.1 Å². The highest BCUT2D eigenvalue weighted by Crippen LogP contribution is 2.14. The molecule has 0 heterocycles. The van der Waals surface area contributed by atoms with Crippen LogP contribution < -0.4 is 5.32 Å². The molecule has 2 heteroatoms. The van der Waals surface area contributed by atoms with Crippen molar-refractivity contribution in [2.75, 3.05) is 20.3 Å². The third-order valence-corrected chi connectivity index (χ3v) is 3.21. The van der Waals surface area contributed by atoms with Gasteiger partial charge in [-0.05, 0) is 17.4 Å². The minimum atomic E-state index is 0.436. The molecule has 0 radical (unpaired) electrons. The van der Waals surface area contributed by atoms with E-state index in [4.69, 9.17) is 4.74 Å². The van der Waals surface area contributed by atoms with E-state index in [2.05, 4.69) is 56.4 Å². The van der Waals surface area contributed by atoms with E-state index in [1.165, 1.54) is 5.56 Å². The molecule has 0 aromatic heterocycles. The number of nitrogens with one attached hydrogen (secondary N) is 1. The summed E-state index contributed by atoms with van der Waals surface area (Å²) in [6, 6.07) is 11.1. The molecule has 1 rings (SSSR count). The standard InChI is InChI=1S/C15H25NO/c1-12(2)15(11-17-4)16-10-13(3)14-8-6-5-7-9-14/h5-9,12-13,15-16H,10-11H2,1-4H3. The minimum absolute atomic E-state index is 0.436. The SMILES string of the molecule is COCC(NCC(C)c1ccccc1)C(C)C. The largest absolute Gasteiger partial charge is 0.383 e. The van der Waals surface area contributed by atoms with Crippen LogP contribution in [0.2, 0.25) is 0 Å². The first-order valence-corrected chi connectivity index (χ1v) is 6.42. The molecule has 0 saturated heterocycles. The Kier molecular flexibility index (Phi) is 6.23. The van der Waals surface area contributed by atoms with Gasteiger partial charge in [0.05, 0.1) is 6.61 Å². The topological polar surface area (TPSA) is 21.3 Å². The molecule has 96 valence electrons. The van der Waals surface area contributed by atoms with Crippen LogP contribution in [0.25, 0.3) is 0 Å². The Morgan fingerprint density at radius 3 is 2.29 bits per heavy atom. The highest BCUT2D eigenvalue weighted by Gasteiger charge is 2.14. The van der Waals surface area contributed by atoms with E-state index >= 15 is 0 Å². The summed E-state index contributed by atoms with van der Waals surface area (Å²) >= 11 is 0. The number of hydrogen-bond donors (Lipinski definition) is 1. The highest BCUT2D eigenvalue weighted by molar-refractivity contribution is 5.18. The molecule has 1 N–H and O–H groups in total. The van der Waals surface area contributed by atoms with E-state index < -0.39 is 0 Å². The molecule has 0 fully saturated rings. The number of hydrogen-bond acceptors (Lipinski definition) is 2. The van der Waals surface area contributed by atoms with Crippen molar-refractivity contribution in [3.8, 4) is 0 Å². The van der Waals surface area contributed by atoms with Gasteiger partial charge in [0.1, 0.15) is 0 Å². The fourth-order valence-electron chi connectivity index (χ4n) is 1.89. The zero-order chi connectivity index (χ0) is 12.7. The van der Waals surface area contributed by atoms with Crippen molar-refractivity contribution < 1.29 is 4.74 Å². The normalized spacial score (nSPS) is 14.9. The van der Waals surface area contributed by atoms with Crippen molar-refractivity contribution in [2.24, 2.45) is 5.92 Å². The van der Waals surface area contributed by atoms with Crippen molar-refractivity contribution in [2.45, 2.75) is 32.7 Å². The predicted octanol–water partition coefficient (Wildman–Crippen LogP) is 3.05. The fourth-order valence-corrected chi connectivity index (χ4v) is 1.89. The second kappa shape index (κ2) is 7.46. The molecule has 0 aliphatic rings. The van der Waals surface area contributed by atoms with Gasteiger partial charge in [0.2, 0.25) is 0 Å². The molecular weight excluding hydrogens is 210 g/mol. The van der Waals surface area contributed by atoms with Crippen molar-refractivity contribution in [3.05, 3.63) is 35.9 Å². The summed E-state index contributed by atoms with van der Waals surface area (Å²) in [6.07, 6.45) is 0. The van der Waals surface area contributed by atoms with Crippen LogP contribution in [-0.2, 0) is 4.74 Å². The number of ether oxygens (including phenoxy) is 1. The van der Waals surface area contributed by atoms with Crippen LogP contribution in [0.4, 0.5) is 0 Å². The number of rotatable bonds is 7. The minimum Gasteiger partial charge on any atom is -0.383 e. The Balaban J connectivity index is 2.43. The zero-order valence-electron chi connectivity index (χ0n) is 11.4. The van der Waals surface area contributed by atoms with Crippen LogP contribution in [0.15, 0.2) is 30.3 Å². The average molecular weight is 235 g/mol. The molecule has 0 aliphatic heterocycles. The van der Waals surface area contributed by atoms with Gasteiger partial charge in [-0.15, -0.1) is 0 Å². The summed E-state index contributed by atoms with van der Waals surface area (Å²) in [5.74, 6) is 1.13. The van der Waals surface area contributed by atoms with E-state index in [0.717, 1.165) is 13.2 Å². The van der Waals surface area contributed by atoms with Crippen LogP contribution in [0.3, 0.4) is 0 Å². The van der Waals surface area contributed by atoms with Crippen LogP contribution in [0, 0.1) is 5.92 Å². The third kappa shape index (κ3) is 4.88. The average Bonchev–Trinajstić information content (AvgIpc) is 2.34. The first-order chi connectivity index (χ1) is 8.15. The molecule has 2 unspecified atom stereocenters. The number of benzene rings is 1. The maximum absolute atomic E-state index is 5.24. The van der Waals surface area contributed by atoms with Gasteiger partial charge in [0.25, 0.3) is 0 Å². The van der Waals surface area contributed by atoms with Crippen LogP contribution >= 0.6 is 0 Å². The summed E-state index contributed by atoms with van der Waals surface area (Å²) in [7, 11) is 1.76. The lowest BCUT2D eigenvalue weighted by Crippen LogP contribution is -2.39. The Morgan fingerprint density at radius 1 is 1.12 bits per heavy atom. The summed E-state index contributed by atoms with van der Waals surface area (Å²) in [5, 5.41) is 3.59. The van der Waals surface area contributed by atoms with Gasteiger partial charge >= 0.3 is 0 Å². The van der Waals surface area contributed by atoms with Gasteiger partial charge in [-0.1, -0.05) is 51.1 Å². The first kappa shape index (κ1) is 14.2. The molecule has 2 nitrogen and oxygen atoms in total. The van der Waals surface area contributed by atoms with E-state index in [0.29, 0.717) is 17.9 Å². The van der Waals surface area contributed by atoms with Crippen molar-refractivity contribution in [3.63, 3.8) is 0 Å². The monoisotopic (exact) mass is 235 g/mol. The zero-order valence-corrected chi connectivity index (χ0v) is 11.4. The van der Waals surface area contributed by atoms with E-state index in [1.54, 1.807) is 7.11 Å². The van der Waals surface area contributed by atoms with E-state index in [1.807, 2.05) is 0 Å². The quantitative estimate of drug-likeness (QED) is 0.784. The molecule has 17 heavy (non-hydrogen) atoms. The van der Waals surface area contributed by atoms with E-state index in [9.17, 15) is 0 Å². The van der Waals surface area contributed by atoms with Gasteiger partial charge in [0.15, 0.2) is 0 Å². The van der Waals surface area contributed by atoms with Gasteiger partial charge in [0, 0.05) is 19.7 Å². The summed E-state index contributed by atoms with van der Waals surface area (Å²) in [5.41, 5.74) is 1.39. The Bertz CT molecular complexity index is 297. The summed E-state index contributed by atoms with van der Waals surface area (Å²) in [4.78, 5) is 0. The van der Waals surface area contributed by atoms with Crippen LogP contribution in [0.1, 0.15) is 32.3 Å². The third-order valence-electron chi connectivity index (χ3n) is 3.21. The van der Waals surface area contributed by atoms with Gasteiger partial charge in [-0.25, -0.2) is 0 Å². The van der Waals surface area contributed by atoms with E-state index in [-0.39, 0.29) is 0 Å². The van der Waals surface area contributed by atoms with Gasteiger partial charge in [-0.3, -0.25) is 0 Å². The Labute approximate surface area is 105 Å². The molecule has 1 aromatic rings. The lowest BCUT2D eigenvalue weighted by Gasteiger charge is -2.23. The molecule has 0 saturated carbocycles. The molecule has 0 bridgehead atoms. The summed E-state index contributed by atoms with van der Waals surface area (Å²) in [6.45, 7) is 8.48. The molecule has 0 amide bonds. The highest BCUT2D eigenvalue weighted by atomic mass is 16.5. The Hall–Kier alpha value is -0.860. The maximum Gasteiger partial charge on any atom is 0.0618 e. The molecule has 0 spiro atoms. The molecular formula is C15H25NO. The van der Waals surface area contributed by atoms with Gasteiger partial charge in [-0.2, -0.15) is 0 Å². The molecule has 2 atom stereocenters. The second-order valence-corrected chi connectivity index (χ2v) is 5.03. The summed E-state index contributed by atoms with van der Waals surface area (Å²) < 4.78 is 5.24. The Morgan fingerprint density at radius 2 is 1.76 bits per heavy atom.